The number of ketones is 1. The van der Waals surface area contributed by atoms with Gasteiger partial charge in [0.1, 0.15) is 18.1 Å². The van der Waals surface area contributed by atoms with Crippen LogP contribution in [-0.2, 0) is 20.9 Å². The number of aliphatic hydroxyl groups is 1. The van der Waals surface area contributed by atoms with Crippen molar-refractivity contribution in [1.29, 1.82) is 0 Å². The maximum atomic E-state index is 11.6. The Morgan fingerprint density at radius 2 is 1.83 bits per heavy atom. The van der Waals surface area contributed by atoms with E-state index in [0.717, 1.165) is 11.6 Å². The van der Waals surface area contributed by atoms with Crippen LogP contribution in [0, 0.1) is 0 Å². The van der Waals surface area contributed by atoms with Gasteiger partial charge in [-0.3, -0.25) is 4.79 Å². The summed E-state index contributed by atoms with van der Waals surface area (Å²) in [4.78, 5) is 22.9. The first-order chi connectivity index (χ1) is 11.6. The van der Waals surface area contributed by atoms with Crippen LogP contribution in [0.3, 0.4) is 0 Å². The number of aliphatic hydroxyl groups excluding tert-OH is 1. The molecule has 0 saturated heterocycles. The molecule has 0 heterocycles. The summed E-state index contributed by atoms with van der Waals surface area (Å²) in [7, 11) is 0. The van der Waals surface area contributed by atoms with Crippen LogP contribution in [0.5, 0.6) is 5.75 Å². The molecular formula is C19H18O5. The van der Waals surface area contributed by atoms with Crippen LogP contribution in [0.4, 0.5) is 0 Å². The Hall–Kier alpha value is -3.08. The summed E-state index contributed by atoms with van der Waals surface area (Å²) in [5.41, 5.74) is 1.39. The van der Waals surface area contributed by atoms with Gasteiger partial charge in [-0.2, -0.15) is 0 Å². The summed E-state index contributed by atoms with van der Waals surface area (Å²) in [6.07, 6.45) is 0.842. The second-order valence-electron chi connectivity index (χ2n) is 4.92. The van der Waals surface area contributed by atoms with Gasteiger partial charge in [-0.15, -0.1) is 0 Å². The van der Waals surface area contributed by atoms with Crippen molar-refractivity contribution < 1.29 is 24.2 Å². The number of carbonyl (C=O) groups excluding carboxylic acids is 2. The van der Waals surface area contributed by atoms with Crippen molar-refractivity contribution >= 4 is 17.5 Å². The molecule has 2 aromatic carbocycles. The number of hydrogen-bond donors (Lipinski definition) is 1. The summed E-state index contributed by atoms with van der Waals surface area (Å²) < 4.78 is 10.2. The molecule has 0 amide bonds. The van der Waals surface area contributed by atoms with E-state index in [2.05, 4.69) is 4.74 Å². The fourth-order valence-electron chi connectivity index (χ4n) is 1.95. The molecule has 0 fully saturated rings. The number of rotatable bonds is 7. The van der Waals surface area contributed by atoms with Crippen molar-refractivity contribution in [3.63, 3.8) is 0 Å². The Morgan fingerprint density at radius 3 is 2.54 bits per heavy atom. The molecule has 0 aliphatic heterocycles. The predicted molar refractivity (Wildman–Crippen MR) is 89.5 cm³/mol. The Kier molecular flexibility index (Phi) is 6.14. The second-order valence-corrected chi connectivity index (χ2v) is 4.92. The lowest BCUT2D eigenvalue weighted by Gasteiger charge is -2.08. The van der Waals surface area contributed by atoms with Gasteiger partial charge in [0.2, 0.25) is 0 Å². The zero-order valence-corrected chi connectivity index (χ0v) is 13.3. The van der Waals surface area contributed by atoms with Gasteiger partial charge in [0, 0.05) is 11.6 Å². The summed E-state index contributed by atoms with van der Waals surface area (Å²) in [5.74, 6) is -1.69. The standard InChI is InChI=1S/C19H18O5/c1-2-23-19(22)18(21)12-17(20)15-9-6-10-16(11-15)24-13-14-7-4-3-5-8-14/h3-12,20H,2,13H2,1H3/b17-12-. The Labute approximate surface area is 140 Å². The van der Waals surface area contributed by atoms with Crippen molar-refractivity contribution in [2.45, 2.75) is 13.5 Å². The monoisotopic (exact) mass is 326 g/mol. The number of hydrogen-bond acceptors (Lipinski definition) is 5. The molecule has 0 radical (unpaired) electrons. The Bertz CT molecular complexity index is 734. The SMILES string of the molecule is CCOC(=O)C(=O)/C=C(\O)c1cccc(OCc2ccccc2)c1. The van der Waals surface area contributed by atoms with Gasteiger partial charge in [0.15, 0.2) is 0 Å². The van der Waals surface area contributed by atoms with Crippen molar-refractivity contribution in [3.05, 3.63) is 71.8 Å². The molecule has 5 nitrogen and oxygen atoms in total. The quantitative estimate of drug-likeness (QED) is 0.366. The highest BCUT2D eigenvalue weighted by atomic mass is 16.5. The maximum absolute atomic E-state index is 11.6. The van der Waals surface area contributed by atoms with E-state index in [9.17, 15) is 14.7 Å². The molecule has 0 spiro atoms. The first kappa shape index (κ1) is 17.3. The highest BCUT2D eigenvalue weighted by molar-refractivity contribution is 6.39. The molecular weight excluding hydrogens is 308 g/mol. The second kappa shape index (κ2) is 8.53. The number of ether oxygens (including phenoxy) is 2. The summed E-state index contributed by atoms with van der Waals surface area (Å²) >= 11 is 0. The molecule has 0 atom stereocenters. The summed E-state index contributed by atoms with van der Waals surface area (Å²) in [6.45, 7) is 2.08. The molecule has 1 N–H and O–H groups in total. The van der Waals surface area contributed by atoms with Crippen molar-refractivity contribution in [3.8, 4) is 5.75 Å². The lowest BCUT2D eigenvalue weighted by atomic mass is 10.1. The van der Waals surface area contributed by atoms with E-state index >= 15 is 0 Å². The van der Waals surface area contributed by atoms with E-state index in [-0.39, 0.29) is 12.4 Å². The van der Waals surface area contributed by atoms with Crippen molar-refractivity contribution in [2.24, 2.45) is 0 Å². The van der Waals surface area contributed by atoms with E-state index in [1.807, 2.05) is 30.3 Å². The Morgan fingerprint density at radius 1 is 1.08 bits per heavy atom. The normalized spacial score (nSPS) is 11.0. The molecule has 0 aliphatic carbocycles. The minimum atomic E-state index is -1.000. The number of carbonyl (C=O) groups is 2. The van der Waals surface area contributed by atoms with Crippen LogP contribution in [0.1, 0.15) is 18.1 Å². The molecule has 0 bridgehead atoms. The molecule has 0 unspecified atom stereocenters. The van der Waals surface area contributed by atoms with Gasteiger partial charge >= 0.3 is 5.97 Å². The van der Waals surface area contributed by atoms with E-state index in [0.29, 0.717) is 17.9 Å². The minimum Gasteiger partial charge on any atom is -0.507 e. The molecule has 0 aliphatic rings. The first-order valence-electron chi connectivity index (χ1n) is 7.49. The third-order valence-corrected chi connectivity index (χ3v) is 3.12. The van der Waals surface area contributed by atoms with Gasteiger partial charge in [0.25, 0.3) is 5.78 Å². The third-order valence-electron chi connectivity index (χ3n) is 3.12. The van der Waals surface area contributed by atoms with Crippen LogP contribution < -0.4 is 4.74 Å². The van der Waals surface area contributed by atoms with Crippen LogP contribution in [-0.4, -0.2) is 23.5 Å². The lowest BCUT2D eigenvalue weighted by molar-refractivity contribution is -0.151. The van der Waals surface area contributed by atoms with Crippen LogP contribution >= 0.6 is 0 Å². The lowest BCUT2D eigenvalue weighted by Crippen LogP contribution is -2.15. The molecule has 5 heteroatoms. The fraction of sp³-hybridized carbons (Fsp3) is 0.158. The fourth-order valence-corrected chi connectivity index (χ4v) is 1.95. The predicted octanol–water partition coefficient (Wildman–Crippen LogP) is 3.30. The molecule has 24 heavy (non-hydrogen) atoms. The summed E-state index contributed by atoms with van der Waals surface area (Å²) in [6, 6.07) is 16.3. The van der Waals surface area contributed by atoms with Crippen LogP contribution in [0.25, 0.3) is 5.76 Å². The molecule has 0 saturated carbocycles. The molecule has 2 aromatic rings. The van der Waals surface area contributed by atoms with Gasteiger partial charge in [-0.25, -0.2) is 4.79 Å². The third kappa shape index (κ3) is 4.98. The van der Waals surface area contributed by atoms with Gasteiger partial charge < -0.3 is 14.6 Å². The topological polar surface area (TPSA) is 72.8 Å². The van der Waals surface area contributed by atoms with E-state index in [1.54, 1.807) is 31.2 Å². The van der Waals surface area contributed by atoms with Crippen molar-refractivity contribution in [2.75, 3.05) is 6.61 Å². The largest absolute Gasteiger partial charge is 0.507 e. The Balaban J connectivity index is 2.06. The van der Waals surface area contributed by atoms with Crippen molar-refractivity contribution in [1.82, 2.24) is 0 Å². The molecule has 124 valence electrons. The van der Waals surface area contributed by atoms with Gasteiger partial charge in [-0.1, -0.05) is 42.5 Å². The van der Waals surface area contributed by atoms with Crippen LogP contribution in [0.2, 0.25) is 0 Å². The zero-order chi connectivity index (χ0) is 17.4. The minimum absolute atomic E-state index is 0.0992. The smallest absolute Gasteiger partial charge is 0.379 e. The first-order valence-corrected chi connectivity index (χ1v) is 7.49. The average Bonchev–Trinajstić information content (AvgIpc) is 2.61. The average molecular weight is 326 g/mol. The number of esters is 1. The molecule has 0 aromatic heterocycles. The van der Waals surface area contributed by atoms with E-state index < -0.39 is 11.8 Å². The zero-order valence-electron chi connectivity index (χ0n) is 13.3. The number of benzene rings is 2. The van der Waals surface area contributed by atoms with Gasteiger partial charge in [-0.05, 0) is 24.6 Å². The maximum Gasteiger partial charge on any atom is 0.379 e. The van der Waals surface area contributed by atoms with Crippen LogP contribution in [0.15, 0.2) is 60.7 Å². The summed E-state index contributed by atoms with van der Waals surface area (Å²) in [5, 5.41) is 9.99. The van der Waals surface area contributed by atoms with Gasteiger partial charge in [0.05, 0.1) is 6.61 Å². The highest BCUT2D eigenvalue weighted by Gasteiger charge is 2.14. The molecule has 2 rings (SSSR count). The highest BCUT2D eigenvalue weighted by Crippen LogP contribution is 2.19. The van der Waals surface area contributed by atoms with E-state index in [4.69, 9.17) is 4.74 Å². The van der Waals surface area contributed by atoms with E-state index in [1.165, 1.54) is 0 Å².